The van der Waals surface area contributed by atoms with E-state index in [9.17, 15) is 9.59 Å². The van der Waals surface area contributed by atoms with E-state index in [0.717, 1.165) is 26.1 Å². The second-order valence-corrected chi connectivity index (χ2v) is 6.77. The summed E-state index contributed by atoms with van der Waals surface area (Å²) < 4.78 is 0. The number of likely N-dealkylation sites (tertiary alicyclic amines) is 1. The highest BCUT2D eigenvalue weighted by Gasteiger charge is 2.25. The Bertz CT molecular complexity index is 604. The molecule has 3 rings (SSSR count). The normalized spacial score (nSPS) is 21.6. The summed E-state index contributed by atoms with van der Waals surface area (Å²) in [6.45, 7) is 7.18. The molecule has 0 aromatic heterocycles. The molecule has 6 heteroatoms. The van der Waals surface area contributed by atoms with Crippen molar-refractivity contribution in [1.82, 2.24) is 20.4 Å². The van der Waals surface area contributed by atoms with E-state index < -0.39 is 0 Å². The van der Waals surface area contributed by atoms with Gasteiger partial charge in [0, 0.05) is 32.7 Å². The van der Waals surface area contributed by atoms with Crippen LogP contribution in [-0.2, 0) is 11.3 Å². The third kappa shape index (κ3) is 4.26. The number of carbonyl (C=O) groups is 2. The van der Waals surface area contributed by atoms with Crippen LogP contribution in [0.3, 0.4) is 0 Å². The number of hydrogen-bond acceptors (Lipinski definition) is 3. The Morgan fingerprint density at radius 3 is 2.96 bits per heavy atom. The summed E-state index contributed by atoms with van der Waals surface area (Å²) in [5.41, 5.74) is 2.71. The fourth-order valence-electron chi connectivity index (χ4n) is 3.41. The summed E-state index contributed by atoms with van der Waals surface area (Å²) >= 11 is 0. The first-order valence-electron chi connectivity index (χ1n) is 8.68. The molecule has 24 heavy (non-hydrogen) atoms. The number of piperazine rings is 1. The van der Waals surface area contributed by atoms with Crippen molar-refractivity contribution in [2.75, 3.05) is 39.3 Å². The van der Waals surface area contributed by atoms with E-state index in [1.165, 1.54) is 11.1 Å². The SMILES string of the molecule is Cc1ccccc1CN1CC[C@H](CNC(=O)N2CCNC(=O)C2)C1. The van der Waals surface area contributed by atoms with E-state index in [1.54, 1.807) is 4.90 Å². The molecule has 1 aromatic rings. The van der Waals surface area contributed by atoms with Gasteiger partial charge in [0.1, 0.15) is 6.54 Å². The van der Waals surface area contributed by atoms with Crippen LogP contribution in [0.5, 0.6) is 0 Å². The maximum atomic E-state index is 12.1. The highest BCUT2D eigenvalue weighted by molar-refractivity contribution is 5.85. The fraction of sp³-hybridized carbons (Fsp3) is 0.556. The van der Waals surface area contributed by atoms with Crippen LogP contribution >= 0.6 is 0 Å². The monoisotopic (exact) mass is 330 g/mol. The number of aryl methyl sites for hydroxylation is 1. The van der Waals surface area contributed by atoms with Crippen LogP contribution in [-0.4, -0.2) is 61.0 Å². The maximum Gasteiger partial charge on any atom is 0.317 e. The quantitative estimate of drug-likeness (QED) is 0.864. The van der Waals surface area contributed by atoms with Crippen molar-refractivity contribution in [3.63, 3.8) is 0 Å². The van der Waals surface area contributed by atoms with Crippen molar-refractivity contribution >= 4 is 11.9 Å². The number of carbonyl (C=O) groups excluding carboxylic acids is 2. The molecule has 1 aromatic carbocycles. The summed E-state index contributed by atoms with van der Waals surface area (Å²) in [7, 11) is 0. The molecule has 0 spiro atoms. The third-order valence-corrected chi connectivity index (χ3v) is 4.89. The Hall–Kier alpha value is -2.08. The summed E-state index contributed by atoms with van der Waals surface area (Å²) in [6.07, 6.45) is 1.10. The fourth-order valence-corrected chi connectivity index (χ4v) is 3.41. The minimum absolute atomic E-state index is 0.0818. The molecule has 0 saturated carbocycles. The highest BCUT2D eigenvalue weighted by atomic mass is 16.2. The Morgan fingerprint density at radius 2 is 2.17 bits per heavy atom. The average molecular weight is 330 g/mol. The molecule has 0 unspecified atom stereocenters. The van der Waals surface area contributed by atoms with Crippen molar-refractivity contribution in [2.24, 2.45) is 5.92 Å². The summed E-state index contributed by atoms with van der Waals surface area (Å²) in [6, 6.07) is 8.37. The zero-order valence-corrected chi connectivity index (χ0v) is 14.3. The molecule has 2 heterocycles. The van der Waals surface area contributed by atoms with Gasteiger partial charge < -0.3 is 15.5 Å². The number of benzene rings is 1. The van der Waals surface area contributed by atoms with Gasteiger partial charge in [0.2, 0.25) is 5.91 Å². The van der Waals surface area contributed by atoms with E-state index in [1.807, 2.05) is 0 Å². The van der Waals surface area contributed by atoms with Gasteiger partial charge in [0.05, 0.1) is 0 Å². The zero-order chi connectivity index (χ0) is 16.9. The lowest BCUT2D eigenvalue weighted by atomic mass is 10.1. The van der Waals surface area contributed by atoms with Crippen LogP contribution in [0.25, 0.3) is 0 Å². The minimum atomic E-state index is -0.123. The molecule has 3 amide bonds. The molecule has 0 bridgehead atoms. The molecule has 0 aliphatic carbocycles. The van der Waals surface area contributed by atoms with E-state index in [0.29, 0.717) is 25.6 Å². The first kappa shape index (κ1) is 16.8. The van der Waals surface area contributed by atoms with Crippen LogP contribution in [0.2, 0.25) is 0 Å². The second kappa shape index (κ2) is 7.66. The maximum absolute atomic E-state index is 12.1. The number of nitrogens with one attached hydrogen (secondary N) is 2. The smallest absolute Gasteiger partial charge is 0.317 e. The molecule has 2 saturated heterocycles. The summed E-state index contributed by atoms with van der Waals surface area (Å²) in [5, 5.41) is 5.72. The van der Waals surface area contributed by atoms with Gasteiger partial charge in [-0.1, -0.05) is 24.3 Å². The zero-order valence-electron chi connectivity index (χ0n) is 14.3. The van der Waals surface area contributed by atoms with Crippen LogP contribution in [0.4, 0.5) is 4.79 Å². The first-order valence-corrected chi connectivity index (χ1v) is 8.68. The first-order chi connectivity index (χ1) is 11.6. The van der Waals surface area contributed by atoms with Crippen LogP contribution in [0.1, 0.15) is 17.5 Å². The highest BCUT2D eigenvalue weighted by Crippen LogP contribution is 2.19. The van der Waals surface area contributed by atoms with Crippen LogP contribution < -0.4 is 10.6 Å². The standard InChI is InChI=1S/C18H26N4O2/c1-14-4-2-3-5-16(14)12-21-8-6-15(11-21)10-20-18(24)22-9-7-19-17(23)13-22/h2-5,15H,6-13H2,1H3,(H,19,23)(H,20,24)/t15-/m1/s1. The van der Waals surface area contributed by atoms with Crippen molar-refractivity contribution in [1.29, 1.82) is 0 Å². The predicted octanol–water partition coefficient (Wildman–Crippen LogP) is 0.958. The van der Waals surface area contributed by atoms with E-state index in [2.05, 4.69) is 46.7 Å². The molecule has 0 radical (unpaired) electrons. The number of rotatable bonds is 4. The van der Waals surface area contributed by atoms with Gasteiger partial charge in [-0.05, 0) is 36.9 Å². The lowest BCUT2D eigenvalue weighted by molar-refractivity contribution is -0.123. The molecule has 2 aliphatic rings. The van der Waals surface area contributed by atoms with E-state index in [-0.39, 0.29) is 18.5 Å². The predicted molar refractivity (Wildman–Crippen MR) is 92.5 cm³/mol. The largest absolute Gasteiger partial charge is 0.353 e. The molecule has 6 nitrogen and oxygen atoms in total. The van der Waals surface area contributed by atoms with Gasteiger partial charge in [0.25, 0.3) is 0 Å². The molecule has 1 atom stereocenters. The number of amides is 3. The molecule has 2 N–H and O–H groups in total. The molecule has 2 fully saturated rings. The van der Waals surface area contributed by atoms with Gasteiger partial charge in [-0.15, -0.1) is 0 Å². The van der Waals surface area contributed by atoms with Gasteiger partial charge in [-0.3, -0.25) is 9.69 Å². The number of nitrogens with zero attached hydrogens (tertiary/aromatic N) is 2. The van der Waals surface area contributed by atoms with Gasteiger partial charge >= 0.3 is 6.03 Å². The van der Waals surface area contributed by atoms with Crippen molar-refractivity contribution < 1.29 is 9.59 Å². The lowest BCUT2D eigenvalue weighted by Gasteiger charge is -2.27. The summed E-state index contributed by atoms with van der Waals surface area (Å²) in [5.74, 6) is 0.401. The van der Waals surface area contributed by atoms with Crippen molar-refractivity contribution in [3.8, 4) is 0 Å². The second-order valence-electron chi connectivity index (χ2n) is 6.77. The Labute approximate surface area is 143 Å². The van der Waals surface area contributed by atoms with Gasteiger partial charge in [-0.2, -0.15) is 0 Å². The number of hydrogen-bond donors (Lipinski definition) is 2. The lowest BCUT2D eigenvalue weighted by Crippen LogP contribution is -2.53. The molecule has 2 aliphatic heterocycles. The van der Waals surface area contributed by atoms with E-state index in [4.69, 9.17) is 0 Å². The average Bonchev–Trinajstić information content (AvgIpc) is 3.02. The van der Waals surface area contributed by atoms with Crippen LogP contribution in [0.15, 0.2) is 24.3 Å². The molecular formula is C18H26N4O2. The Kier molecular flexibility index (Phi) is 5.35. The third-order valence-electron chi connectivity index (χ3n) is 4.89. The topological polar surface area (TPSA) is 64.7 Å². The molecular weight excluding hydrogens is 304 g/mol. The van der Waals surface area contributed by atoms with E-state index >= 15 is 0 Å². The Morgan fingerprint density at radius 1 is 1.33 bits per heavy atom. The minimum Gasteiger partial charge on any atom is -0.353 e. The molecule has 130 valence electrons. The van der Waals surface area contributed by atoms with Crippen LogP contribution in [0, 0.1) is 12.8 Å². The van der Waals surface area contributed by atoms with Gasteiger partial charge in [0.15, 0.2) is 0 Å². The van der Waals surface area contributed by atoms with Gasteiger partial charge in [-0.25, -0.2) is 4.79 Å². The Balaban J connectivity index is 1.42. The van der Waals surface area contributed by atoms with Crippen molar-refractivity contribution in [3.05, 3.63) is 35.4 Å². The number of urea groups is 1. The summed E-state index contributed by atoms with van der Waals surface area (Å²) in [4.78, 5) is 27.5. The van der Waals surface area contributed by atoms with Crippen molar-refractivity contribution in [2.45, 2.75) is 19.9 Å².